The number of anilines is 1. The summed E-state index contributed by atoms with van der Waals surface area (Å²) in [6, 6.07) is 18.7. The molecule has 3 fully saturated rings. The van der Waals surface area contributed by atoms with Gasteiger partial charge in [-0.25, -0.2) is 19.3 Å². The minimum atomic E-state index is -0.659. The standard InChI is InChI=1S/C28H29Cl2N5O3.C24H21Cl2FN4O2/c1-17(26-21(29)13-31-14-22(26)30)38-19-7-8-23-20(11-19)27(33-35(23)25-5-3-4-10-37-25)18-6-9-24(32-12-18)34-15-28(2,36)16-34;1-14(23-18(25)12-28-13-19(23)26)33-16-6-7-20-17(10-16)24(15-5-8-21(27)29-11-15)30-31(20)22-4-2-3-9-32-22/h6-9,11-14,17,25,36H,3-5,10,15-16H2,1-2H3;5-8,10-14,22H,2-4,9H2,1H3/t17-,25?;14-,22?/m11/s1. The molecule has 0 bridgehead atoms. The van der Waals surface area contributed by atoms with Gasteiger partial charge in [0.15, 0.2) is 12.5 Å². The number of aromatic nitrogens is 8. The molecule has 9 heterocycles. The molecule has 3 aliphatic rings. The first-order chi connectivity index (χ1) is 34.3. The van der Waals surface area contributed by atoms with E-state index < -0.39 is 17.7 Å². The highest BCUT2D eigenvalue weighted by atomic mass is 35.5. The molecule has 0 spiro atoms. The first-order valence-corrected chi connectivity index (χ1v) is 25.1. The Labute approximate surface area is 429 Å². The number of hydrogen-bond donors (Lipinski definition) is 1. The normalized spacial score (nSPS) is 18.6. The Balaban J connectivity index is 0.000000166. The Morgan fingerprint density at radius 3 is 1.49 bits per heavy atom. The molecule has 0 amide bonds. The highest BCUT2D eigenvalue weighted by Gasteiger charge is 2.37. The van der Waals surface area contributed by atoms with Crippen molar-refractivity contribution >= 4 is 74.0 Å². The number of halogens is 5. The van der Waals surface area contributed by atoms with E-state index in [4.69, 9.17) is 75.5 Å². The van der Waals surface area contributed by atoms with E-state index >= 15 is 0 Å². The van der Waals surface area contributed by atoms with Crippen molar-refractivity contribution in [2.75, 3.05) is 31.2 Å². The van der Waals surface area contributed by atoms with Crippen LogP contribution in [0.5, 0.6) is 11.5 Å². The van der Waals surface area contributed by atoms with Gasteiger partial charge in [0.25, 0.3) is 0 Å². The Kier molecular flexibility index (Phi) is 14.4. The molecular formula is C52H50Cl4FN9O5. The average molecular weight is 1040 g/mol. The summed E-state index contributed by atoms with van der Waals surface area (Å²) in [6.45, 7) is 8.19. The monoisotopic (exact) mass is 1040 g/mol. The van der Waals surface area contributed by atoms with Crippen molar-refractivity contribution < 1.29 is 28.4 Å². The van der Waals surface area contributed by atoms with E-state index in [1.54, 1.807) is 30.9 Å². The molecule has 2 unspecified atom stereocenters. The van der Waals surface area contributed by atoms with Crippen molar-refractivity contribution in [2.45, 2.75) is 89.6 Å². The number of hydrogen-bond acceptors (Lipinski definition) is 12. The second-order valence-electron chi connectivity index (χ2n) is 18.3. The van der Waals surface area contributed by atoms with Gasteiger partial charge in [-0.15, -0.1) is 0 Å². The molecular weight excluding hydrogens is 991 g/mol. The van der Waals surface area contributed by atoms with Crippen molar-refractivity contribution in [1.82, 2.24) is 39.5 Å². The maximum Gasteiger partial charge on any atom is 0.212 e. The number of aliphatic hydroxyl groups is 1. The van der Waals surface area contributed by atoms with Crippen LogP contribution in [0, 0.1) is 5.95 Å². The molecule has 1 N–H and O–H groups in total. The second kappa shape index (κ2) is 20.8. The quantitative estimate of drug-likeness (QED) is 0.123. The van der Waals surface area contributed by atoms with Gasteiger partial charge in [-0.1, -0.05) is 46.4 Å². The van der Waals surface area contributed by atoms with Gasteiger partial charge in [0.1, 0.15) is 40.9 Å². The fourth-order valence-electron chi connectivity index (χ4n) is 9.40. The molecule has 8 aromatic rings. The molecule has 4 atom stereocenters. The van der Waals surface area contributed by atoms with Crippen LogP contribution in [-0.4, -0.2) is 76.5 Å². The SMILES string of the molecule is C[C@@H](Oc1ccc2c(c1)c(-c1ccc(F)nc1)nn2C1CCCCO1)c1c(Cl)cncc1Cl.C[C@@H](Oc1ccc2c(c1)c(-c1ccc(N3CC(C)(O)C3)nc1)nn2C1CCCCO1)c1c(Cl)cncc1Cl. The number of β-amino-alcohol motifs (C(OH)–C–C–N with tert-alkyl or cyclic N) is 1. The van der Waals surface area contributed by atoms with Crippen LogP contribution in [0.1, 0.15) is 95.1 Å². The summed E-state index contributed by atoms with van der Waals surface area (Å²) in [5.41, 5.74) is 5.67. The summed E-state index contributed by atoms with van der Waals surface area (Å²) in [5.74, 6) is 1.59. The summed E-state index contributed by atoms with van der Waals surface area (Å²) in [6.07, 6.45) is 14.6. The molecule has 0 radical (unpaired) electrons. The van der Waals surface area contributed by atoms with Crippen molar-refractivity contribution in [3.63, 3.8) is 0 Å². The van der Waals surface area contributed by atoms with E-state index in [1.165, 1.54) is 12.3 Å². The lowest BCUT2D eigenvalue weighted by molar-refractivity contribution is -0.0366. The first-order valence-electron chi connectivity index (χ1n) is 23.5. The smallest absolute Gasteiger partial charge is 0.212 e. The van der Waals surface area contributed by atoms with E-state index in [9.17, 15) is 9.50 Å². The topological polar surface area (TPSA) is 148 Å². The van der Waals surface area contributed by atoms with E-state index in [0.717, 1.165) is 84.0 Å². The first kappa shape index (κ1) is 49.0. The fraction of sp³-hybridized carbons (Fsp3) is 0.346. The molecule has 0 aliphatic carbocycles. The lowest BCUT2D eigenvalue weighted by atomic mass is 9.97. The summed E-state index contributed by atoms with van der Waals surface area (Å²) < 4.78 is 41.9. The Hall–Kier alpha value is -5.65. The van der Waals surface area contributed by atoms with Gasteiger partial charge in [-0.3, -0.25) is 9.97 Å². The molecule has 11 rings (SSSR count). The lowest BCUT2D eigenvalue weighted by Gasteiger charge is -2.44. The highest BCUT2D eigenvalue weighted by molar-refractivity contribution is 6.36. The number of benzene rings is 2. The van der Waals surface area contributed by atoms with Gasteiger partial charge in [0, 0.05) is 96.5 Å². The van der Waals surface area contributed by atoms with Gasteiger partial charge >= 0.3 is 0 Å². The number of nitrogens with zero attached hydrogens (tertiary/aromatic N) is 9. The van der Waals surface area contributed by atoms with E-state index in [-0.39, 0.29) is 18.6 Å². The number of pyridine rings is 4. The molecule has 71 heavy (non-hydrogen) atoms. The maximum atomic E-state index is 13.4. The maximum absolute atomic E-state index is 13.4. The van der Waals surface area contributed by atoms with Crippen LogP contribution in [0.25, 0.3) is 44.3 Å². The highest BCUT2D eigenvalue weighted by Crippen LogP contribution is 2.40. The van der Waals surface area contributed by atoms with Crippen LogP contribution in [0.15, 0.2) is 97.8 Å². The van der Waals surface area contributed by atoms with Crippen molar-refractivity contribution in [1.29, 1.82) is 0 Å². The summed E-state index contributed by atoms with van der Waals surface area (Å²) in [5, 5.41) is 23.6. The van der Waals surface area contributed by atoms with E-state index in [0.29, 0.717) is 73.7 Å². The molecule has 0 saturated carbocycles. The molecule has 368 valence electrons. The summed E-state index contributed by atoms with van der Waals surface area (Å²) >= 11 is 25.3. The molecule has 19 heteroatoms. The minimum Gasteiger partial charge on any atom is -0.486 e. The van der Waals surface area contributed by atoms with Crippen LogP contribution < -0.4 is 14.4 Å². The fourth-order valence-corrected chi connectivity index (χ4v) is 10.7. The molecule has 3 saturated heterocycles. The zero-order valence-electron chi connectivity index (χ0n) is 39.1. The van der Waals surface area contributed by atoms with Gasteiger partial charge in [-0.05, 0) is 120 Å². The largest absolute Gasteiger partial charge is 0.486 e. The van der Waals surface area contributed by atoms with Crippen LogP contribution in [-0.2, 0) is 9.47 Å². The zero-order valence-corrected chi connectivity index (χ0v) is 42.1. The van der Waals surface area contributed by atoms with Crippen LogP contribution >= 0.6 is 46.4 Å². The van der Waals surface area contributed by atoms with Crippen molar-refractivity contribution in [3.8, 4) is 34.0 Å². The molecule has 14 nitrogen and oxygen atoms in total. The number of fused-ring (bicyclic) bond motifs is 2. The van der Waals surface area contributed by atoms with Gasteiger partial charge in [-0.2, -0.15) is 14.6 Å². The third kappa shape index (κ3) is 10.5. The predicted octanol–water partition coefficient (Wildman–Crippen LogP) is 13.0. The molecule has 3 aliphatic heterocycles. The van der Waals surface area contributed by atoms with Gasteiger partial charge in [0.2, 0.25) is 5.95 Å². The summed E-state index contributed by atoms with van der Waals surface area (Å²) in [4.78, 5) is 18.6. The number of ether oxygens (including phenoxy) is 4. The van der Waals surface area contributed by atoms with Crippen LogP contribution in [0.4, 0.5) is 10.2 Å². The van der Waals surface area contributed by atoms with Crippen LogP contribution in [0.3, 0.4) is 0 Å². The third-order valence-corrected chi connectivity index (χ3v) is 14.0. The minimum absolute atomic E-state index is 0.115. The second-order valence-corrected chi connectivity index (χ2v) is 19.9. The molecule has 2 aromatic carbocycles. The number of rotatable bonds is 11. The zero-order chi connectivity index (χ0) is 49.4. The molecule has 6 aromatic heterocycles. The Bertz CT molecular complexity index is 3130. The lowest BCUT2D eigenvalue weighted by Crippen LogP contribution is -2.60. The third-order valence-electron chi connectivity index (χ3n) is 12.8. The Morgan fingerprint density at radius 2 is 1.10 bits per heavy atom. The van der Waals surface area contributed by atoms with E-state index in [2.05, 4.69) is 24.8 Å². The van der Waals surface area contributed by atoms with Gasteiger partial charge in [0.05, 0.1) is 36.7 Å². The van der Waals surface area contributed by atoms with Gasteiger partial charge < -0.3 is 29.0 Å². The predicted molar refractivity (Wildman–Crippen MR) is 273 cm³/mol. The van der Waals surface area contributed by atoms with E-state index in [1.807, 2.05) is 84.9 Å². The van der Waals surface area contributed by atoms with Crippen molar-refractivity contribution in [3.05, 3.63) is 135 Å². The Morgan fingerprint density at radius 1 is 0.634 bits per heavy atom. The van der Waals surface area contributed by atoms with Crippen LogP contribution in [0.2, 0.25) is 20.1 Å². The van der Waals surface area contributed by atoms with Crippen molar-refractivity contribution in [2.24, 2.45) is 0 Å². The average Bonchev–Trinajstić information content (AvgIpc) is 3.93. The summed E-state index contributed by atoms with van der Waals surface area (Å²) in [7, 11) is 0.